The molecule has 11 nitrogen and oxygen atoms in total. The molecular formula is C38H53NO10. The molecule has 0 radical (unpaired) electrons. The predicted molar refractivity (Wildman–Crippen MR) is 184 cm³/mol. The van der Waals surface area contributed by atoms with E-state index in [4.69, 9.17) is 23.7 Å². The van der Waals surface area contributed by atoms with Crippen molar-refractivity contribution in [2.24, 2.45) is 5.92 Å². The van der Waals surface area contributed by atoms with Crippen LogP contribution in [-0.2, 0) is 43.5 Å². The van der Waals surface area contributed by atoms with Crippen LogP contribution in [0.25, 0.3) is 0 Å². The molecule has 1 aromatic rings. The molecule has 0 aromatic heterocycles. The fraction of sp³-hybridized carbons (Fsp3) is 0.579. The molecule has 1 N–H and O–H groups in total. The zero-order chi connectivity index (χ0) is 37.0. The molecule has 4 aliphatic rings. The maximum Gasteiger partial charge on any atom is 0.338 e. The number of likely N-dealkylation sites (tertiary alicyclic amines) is 1. The van der Waals surface area contributed by atoms with Crippen LogP contribution in [-0.4, -0.2) is 83.5 Å². The van der Waals surface area contributed by atoms with Gasteiger partial charge in [0, 0.05) is 34.4 Å². The molecule has 49 heavy (non-hydrogen) atoms. The van der Waals surface area contributed by atoms with Crippen molar-refractivity contribution in [3.63, 3.8) is 0 Å². The number of fused-ring (bicyclic) bond motifs is 1. The Bertz CT molecular complexity index is 1450. The van der Waals surface area contributed by atoms with E-state index in [2.05, 4.69) is 45.5 Å². The van der Waals surface area contributed by atoms with Crippen LogP contribution in [0.3, 0.4) is 0 Å². The average molecular weight is 684 g/mol. The molecule has 0 aliphatic carbocycles. The summed E-state index contributed by atoms with van der Waals surface area (Å²) in [6.45, 7) is 25.9. The second-order valence-electron chi connectivity index (χ2n) is 14.3. The van der Waals surface area contributed by atoms with Gasteiger partial charge in [-0.05, 0) is 91.0 Å². The lowest BCUT2D eigenvalue weighted by Gasteiger charge is -2.39. The first kappa shape index (κ1) is 39.5. The Morgan fingerprint density at radius 3 is 2.00 bits per heavy atom. The SMILES string of the molecule is C=C(C)C(=O)OC1C2CC3C(=O)OC1C3O2.C=C(C)C(=O)OC1CC(C)N(C)C(C)C1.C=C(C)C(=O)Oc1ccc(O)c(C(C)(C)CC)c1. The summed E-state index contributed by atoms with van der Waals surface area (Å²) in [6, 6.07) is 5.77. The number of benzene rings is 1. The summed E-state index contributed by atoms with van der Waals surface area (Å²) in [7, 11) is 2.12. The van der Waals surface area contributed by atoms with Gasteiger partial charge < -0.3 is 33.7 Å². The summed E-state index contributed by atoms with van der Waals surface area (Å²) in [4.78, 5) is 48.0. The van der Waals surface area contributed by atoms with E-state index in [0.717, 1.165) is 24.8 Å². The van der Waals surface area contributed by atoms with Crippen LogP contribution in [0.15, 0.2) is 54.7 Å². The van der Waals surface area contributed by atoms with Gasteiger partial charge >= 0.3 is 23.9 Å². The summed E-state index contributed by atoms with van der Waals surface area (Å²) in [6.07, 6.45) is 2.05. The van der Waals surface area contributed by atoms with Gasteiger partial charge in [-0.2, -0.15) is 0 Å². The minimum absolute atomic E-state index is 0.0513. The summed E-state index contributed by atoms with van der Waals surface area (Å²) < 4.78 is 26.5. The molecule has 0 saturated carbocycles. The molecule has 0 amide bonds. The zero-order valence-corrected chi connectivity index (χ0v) is 30.4. The lowest BCUT2D eigenvalue weighted by atomic mass is 9.81. The summed E-state index contributed by atoms with van der Waals surface area (Å²) in [5, 5.41) is 9.89. The number of rotatable bonds is 8. The molecule has 2 bridgehead atoms. The Hall–Kier alpha value is -3.96. The highest BCUT2D eigenvalue weighted by Gasteiger charge is 2.65. The molecule has 4 aliphatic heterocycles. The van der Waals surface area contributed by atoms with Gasteiger partial charge in [-0.3, -0.25) is 4.79 Å². The van der Waals surface area contributed by atoms with Gasteiger partial charge in [-0.25, -0.2) is 14.4 Å². The third-order valence-electron chi connectivity index (χ3n) is 9.74. The number of carbonyl (C=O) groups is 4. The Labute approximate surface area is 290 Å². The minimum atomic E-state index is -0.461. The predicted octanol–water partition coefficient (Wildman–Crippen LogP) is 5.73. The maximum atomic E-state index is 11.4. The van der Waals surface area contributed by atoms with Gasteiger partial charge in [0.15, 0.2) is 12.2 Å². The molecule has 4 fully saturated rings. The first-order valence-corrected chi connectivity index (χ1v) is 16.8. The lowest BCUT2D eigenvalue weighted by molar-refractivity contribution is -0.157. The van der Waals surface area contributed by atoms with Gasteiger partial charge in [0.2, 0.25) is 0 Å². The number of carbonyl (C=O) groups excluding carboxylic acids is 4. The van der Waals surface area contributed by atoms with Gasteiger partial charge in [-0.15, -0.1) is 0 Å². The van der Waals surface area contributed by atoms with E-state index in [1.54, 1.807) is 39.0 Å². The van der Waals surface area contributed by atoms with E-state index in [9.17, 15) is 24.3 Å². The van der Waals surface area contributed by atoms with Crippen LogP contribution < -0.4 is 4.74 Å². The van der Waals surface area contributed by atoms with Crippen molar-refractivity contribution in [3.8, 4) is 11.5 Å². The van der Waals surface area contributed by atoms with Crippen molar-refractivity contribution < 1.29 is 48.0 Å². The van der Waals surface area contributed by atoms with Crippen molar-refractivity contribution in [3.05, 3.63) is 60.2 Å². The fourth-order valence-corrected chi connectivity index (χ4v) is 6.08. The summed E-state index contributed by atoms with van der Waals surface area (Å²) in [5.41, 5.74) is 1.77. The number of esters is 4. The minimum Gasteiger partial charge on any atom is -0.508 e. The monoisotopic (exact) mass is 683 g/mol. The fourth-order valence-electron chi connectivity index (χ4n) is 6.08. The molecule has 11 heteroatoms. The molecule has 4 heterocycles. The van der Waals surface area contributed by atoms with Crippen LogP contribution in [0, 0.1) is 5.92 Å². The third-order valence-corrected chi connectivity index (χ3v) is 9.74. The quantitative estimate of drug-likeness (QED) is 0.156. The van der Waals surface area contributed by atoms with Crippen molar-refractivity contribution in [2.45, 2.75) is 129 Å². The average Bonchev–Trinajstić information content (AvgIpc) is 3.66. The van der Waals surface area contributed by atoms with E-state index in [1.165, 1.54) is 0 Å². The van der Waals surface area contributed by atoms with Gasteiger partial charge in [0.1, 0.15) is 23.7 Å². The van der Waals surface area contributed by atoms with E-state index in [1.807, 2.05) is 20.8 Å². The van der Waals surface area contributed by atoms with Crippen LogP contribution in [0.2, 0.25) is 0 Å². The Kier molecular flexibility index (Phi) is 13.0. The van der Waals surface area contributed by atoms with Gasteiger partial charge in [0.05, 0.1) is 12.0 Å². The number of aromatic hydroxyl groups is 1. The molecule has 7 unspecified atom stereocenters. The van der Waals surface area contributed by atoms with Crippen molar-refractivity contribution in [1.29, 1.82) is 0 Å². The van der Waals surface area contributed by atoms with Crippen molar-refractivity contribution in [2.75, 3.05) is 7.05 Å². The highest BCUT2D eigenvalue weighted by molar-refractivity contribution is 5.89. The number of hydrogen-bond acceptors (Lipinski definition) is 11. The normalized spacial score (nSPS) is 28.1. The molecule has 270 valence electrons. The number of nitrogens with zero attached hydrogens (tertiary/aromatic N) is 1. The first-order chi connectivity index (χ1) is 22.8. The van der Waals surface area contributed by atoms with Crippen molar-refractivity contribution in [1.82, 2.24) is 4.90 Å². The van der Waals surface area contributed by atoms with E-state index in [0.29, 0.717) is 41.0 Å². The topological polar surface area (TPSA) is 138 Å². The molecule has 1 aromatic carbocycles. The molecule has 7 atom stereocenters. The summed E-state index contributed by atoms with van der Waals surface area (Å²) >= 11 is 0. The Morgan fingerprint density at radius 1 is 0.918 bits per heavy atom. The molecule has 5 rings (SSSR count). The molecule has 0 spiro atoms. The first-order valence-electron chi connectivity index (χ1n) is 16.8. The Morgan fingerprint density at radius 2 is 1.47 bits per heavy atom. The summed E-state index contributed by atoms with van der Waals surface area (Å²) in [5.74, 6) is -0.916. The standard InChI is InChI=1S/C15H20O3.C12H21NO2.C11H12O5/c1-6-15(4,5)12-9-11(7-8-13(12)16)18-14(17)10(2)3;1-8(2)12(14)15-11-6-9(3)13(5)10(4)7-11;1-4(2)10(12)15-8-6-3-5-7(14-6)9(8)16-11(5)13/h7-9,16H,2,6H2,1,3-5H3;9-11H,1,6-7H2,2-5H3;5-9H,1,3H2,2H3. The van der Waals surface area contributed by atoms with E-state index < -0.39 is 24.1 Å². The largest absolute Gasteiger partial charge is 0.508 e. The van der Waals surface area contributed by atoms with E-state index >= 15 is 0 Å². The highest BCUT2D eigenvalue weighted by atomic mass is 16.7. The maximum absolute atomic E-state index is 11.4. The molecular weight excluding hydrogens is 630 g/mol. The lowest BCUT2D eigenvalue weighted by Crippen LogP contribution is -2.46. The van der Waals surface area contributed by atoms with E-state index in [-0.39, 0.29) is 47.3 Å². The van der Waals surface area contributed by atoms with Crippen LogP contribution in [0.4, 0.5) is 0 Å². The smallest absolute Gasteiger partial charge is 0.338 e. The van der Waals surface area contributed by atoms with Crippen LogP contribution in [0.5, 0.6) is 11.5 Å². The van der Waals surface area contributed by atoms with Crippen LogP contribution in [0.1, 0.15) is 86.6 Å². The highest BCUT2D eigenvalue weighted by Crippen LogP contribution is 2.47. The number of ether oxygens (including phenoxy) is 5. The Balaban J connectivity index is 0.000000200. The third kappa shape index (κ3) is 9.60. The number of hydrogen-bond donors (Lipinski definition) is 1. The number of piperidine rings is 1. The van der Waals surface area contributed by atoms with Gasteiger partial charge in [0.25, 0.3) is 0 Å². The second kappa shape index (κ2) is 16.2. The van der Waals surface area contributed by atoms with Crippen LogP contribution >= 0.6 is 0 Å². The number of phenols is 1. The number of phenolic OH excluding ortho intramolecular Hbond substituents is 1. The van der Waals surface area contributed by atoms with Gasteiger partial charge in [-0.1, -0.05) is 40.5 Å². The van der Waals surface area contributed by atoms with Crippen molar-refractivity contribution >= 4 is 23.9 Å². The second-order valence-corrected chi connectivity index (χ2v) is 14.3. The molecule has 4 saturated heterocycles. The zero-order valence-electron chi connectivity index (χ0n) is 30.4.